The summed E-state index contributed by atoms with van der Waals surface area (Å²) < 4.78 is 9.82. The second kappa shape index (κ2) is 4.42. The van der Waals surface area contributed by atoms with E-state index in [1.807, 2.05) is 0 Å². The Morgan fingerprint density at radius 1 is 1.50 bits per heavy atom. The molecule has 0 amide bonds. The van der Waals surface area contributed by atoms with Crippen LogP contribution in [0.2, 0.25) is 0 Å². The topological polar surface area (TPSA) is 61.5 Å². The van der Waals surface area contributed by atoms with Crippen molar-refractivity contribution < 1.29 is 14.3 Å². The minimum absolute atomic E-state index is 0.403. The van der Waals surface area contributed by atoms with Gasteiger partial charge in [-0.3, -0.25) is 5.73 Å². The van der Waals surface area contributed by atoms with Gasteiger partial charge in [0.1, 0.15) is 5.60 Å². The van der Waals surface area contributed by atoms with E-state index in [1.165, 1.54) is 0 Å². The summed E-state index contributed by atoms with van der Waals surface area (Å²) in [6, 6.07) is 0. The van der Waals surface area contributed by atoms with E-state index in [0.29, 0.717) is 6.61 Å². The fourth-order valence-electron chi connectivity index (χ4n) is 0.607. The Kier molecular flexibility index (Phi) is 4.20. The Morgan fingerprint density at radius 2 is 2.00 bits per heavy atom. The molecule has 1 unspecified atom stereocenters. The quantitative estimate of drug-likeness (QED) is 0.505. The van der Waals surface area contributed by atoms with Gasteiger partial charge in [-0.1, -0.05) is 0 Å². The standard InChI is InChI=1S/C8H17NO3/c1-5-11-6(9)7(10)12-8(2,3)4/h6H,5,9H2,1-4H3. The third kappa shape index (κ3) is 5.09. The Morgan fingerprint density at radius 3 is 2.33 bits per heavy atom. The highest BCUT2D eigenvalue weighted by atomic mass is 16.6. The fourth-order valence-corrected chi connectivity index (χ4v) is 0.607. The minimum Gasteiger partial charge on any atom is -0.457 e. The zero-order chi connectivity index (χ0) is 9.78. The molecule has 0 saturated heterocycles. The molecule has 2 N–H and O–H groups in total. The largest absolute Gasteiger partial charge is 0.457 e. The zero-order valence-corrected chi connectivity index (χ0v) is 8.09. The van der Waals surface area contributed by atoms with Crippen LogP contribution in [0.1, 0.15) is 27.7 Å². The van der Waals surface area contributed by atoms with E-state index in [0.717, 1.165) is 0 Å². The summed E-state index contributed by atoms with van der Waals surface area (Å²) in [6.45, 7) is 7.52. The van der Waals surface area contributed by atoms with Gasteiger partial charge in [-0.25, -0.2) is 4.79 Å². The number of carbonyl (C=O) groups is 1. The molecule has 0 radical (unpaired) electrons. The van der Waals surface area contributed by atoms with Crippen LogP contribution in [-0.2, 0) is 14.3 Å². The zero-order valence-electron chi connectivity index (χ0n) is 8.09. The van der Waals surface area contributed by atoms with Gasteiger partial charge in [0.25, 0.3) is 0 Å². The van der Waals surface area contributed by atoms with Crippen LogP contribution in [0.4, 0.5) is 0 Å². The second-order valence-corrected chi connectivity index (χ2v) is 3.41. The lowest BCUT2D eigenvalue weighted by molar-refractivity contribution is -0.168. The first-order chi connectivity index (χ1) is 5.37. The van der Waals surface area contributed by atoms with Crippen molar-refractivity contribution in [2.75, 3.05) is 6.61 Å². The first-order valence-corrected chi connectivity index (χ1v) is 3.97. The molecule has 0 aliphatic rings. The third-order valence-corrected chi connectivity index (χ3v) is 0.985. The van der Waals surface area contributed by atoms with Gasteiger partial charge >= 0.3 is 5.97 Å². The Labute approximate surface area is 73.0 Å². The molecule has 12 heavy (non-hydrogen) atoms. The molecule has 4 nitrogen and oxygen atoms in total. The van der Waals surface area contributed by atoms with Crippen LogP contribution in [0.15, 0.2) is 0 Å². The number of carbonyl (C=O) groups excluding carboxylic acids is 1. The van der Waals surface area contributed by atoms with Crippen LogP contribution in [0.3, 0.4) is 0 Å². The third-order valence-electron chi connectivity index (χ3n) is 0.985. The van der Waals surface area contributed by atoms with Crippen LogP contribution in [-0.4, -0.2) is 24.4 Å². The van der Waals surface area contributed by atoms with Crippen molar-refractivity contribution >= 4 is 5.97 Å². The van der Waals surface area contributed by atoms with E-state index in [2.05, 4.69) is 0 Å². The number of ether oxygens (including phenoxy) is 2. The monoisotopic (exact) mass is 175 g/mol. The molecule has 0 bridgehead atoms. The summed E-state index contributed by atoms with van der Waals surface area (Å²) in [5.74, 6) is -0.524. The molecule has 0 rings (SSSR count). The van der Waals surface area contributed by atoms with E-state index in [-0.39, 0.29) is 0 Å². The Hall–Kier alpha value is -0.610. The smallest absolute Gasteiger partial charge is 0.350 e. The maximum Gasteiger partial charge on any atom is 0.350 e. The van der Waals surface area contributed by atoms with Gasteiger partial charge in [0.15, 0.2) is 0 Å². The van der Waals surface area contributed by atoms with Gasteiger partial charge in [-0.2, -0.15) is 0 Å². The summed E-state index contributed by atoms with van der Waals surface area (Å²) in [5, 5.41) is 0. The molecule has 0 aromatic rings. The van der Waals surface area contributed by atoms with E-state index < -0.39 is 17.8 Å². The SMILES string of the molecule is CCOC(N)C(=O)OC(C)(C)C. The maximum atomic E-state index is 11.1. The molecule has 4 heteroatoms. The van der Waals surface area contributed by atoms with Crippen LogP contribution >= 0.6 is 0 Å². The molecule has 0 aliphatic carbocycles. The predicted molar refractivity (Wildman–Crippen MR) is 45.4 cm³/mol. The first-order valence-electron chi connectivity index (χ1n) is 3.97. The van der Waals surface area contributed by atoms with Crippen LogP contribution < -0.4 is 5.73 Å². The van der Waals surface area contributed by atoms with E-state index >= 15 is 0 Å². The summed E-state index contributed by atoms with van der Waals surface area (Å²) in [5.41, 5.74) is 4.83. The van der Waals surface area contributed by atoms with Gasteiger partial charge in [0.2, 0.25) is 6.23 Å². The van der Waals surface area contributed by atoms with Crippen molar-refractivity contribution in [2.45, 2.75) is 39.5 Å². The average molecular weight is 175 g/mol. The van der Waals surface area contributed by atoms with Crippen molar-refractivity contribution in [1.29, 1.82) is 0 Å². The number of rotatable bonds is 3. The summed E-state index contributed by atoms with van der Waals surface area (Å²) >= 11 is 0. The minimum atomic E-state index is -0.964. The lowest BCUT2D eigenvalue weighted by Crippen LogP contribution is -2.39. The number of nitrogens with two attached hydrogens (primary N) is 1. The Bertz CT molecular complexity index is 151. The molecule has 1 atom stereocenters. The molecule has 0 heterocycles. The van der Waals surface area contributed by atoms with Crippen LogP contribution in [0.25, 0.3) is 0 Å². The van der Waals surface area contributed by atoms with Gasteiger partial charge in [-0.15, -0.1) is 0 Å². The molecule has 0 fully saturated rings. The second-order valence-electron chi connectivity index (χ2n) is 3.41. The number of hydrogen-bond acceptors (Lipinski definition) is 4. The average Bonchev–Trinajstić information content (AvgIpc) is 1.84. The van der Waals surface area contributed by atoms with Crippen molar-refractivity contribution in [3.05, 3.63) is 0 Å². The normalized spacial score (nSPS) is 14.1. The van der Waals surface area contributed by atoms with E-state index in [4.69, 9.17) is 15.2 Å². The molecule has 0 aliphatic heterocycles. The van der Waals surface area contributed by atoms with Gasteiger partial charge < -0.3 is 9.47 Å². The summed E-state index contributed by atoms with van der Waals surface area (Å²) in [7, 11) is 0. The molecular weight excluding hydrogens is 158 g/mol. The molecule has 0 aromatic heterocycles. The highest BCUT2D eigenvalue weighted by molar-refractivity contribution is 5.74. The first kappa shape index (κ1) is 11.4. The molecular formula is C8H17NO3. The van der Waals surface area contributed by atoms with Crippen molar-refractivity contribution in [3.63, 3.8) is 0 Å². The molecule has 0 saturated carbocycles. The number of esters is 1. The van der Waals surface area contributed by atoms with Gasteiger partial charge in [0.05, 0.1) is 0 Å². The molecule has 0 aromatic carbocycles. The van der Waals surface area contributed by atoms with Crippen molar-refractivity contribution in [3.8, 4) is 0 Å². The highest BCUT2D eigenvalue weighted by Gasteiger charge is 2.21. The van der Waals surface area contributed by atoms with Crippen LogP contribution in [0.5, 0.6) is 0 Å². The lowest BCUT2D eigenvalue weighted by Gasteiger charge is -2.21. The summed E-state index contributed by atoms with van der Waals surface area (Å²) in [4.78, 5) is 11.1. The number of hydrogen-bond donors (Lipinski definition) is 1. The lowest BCUT2D eigenvalue weighted by atomic mass is 10.2. The maximum absolute atomic E-state index is 11.1. The van der Waals surface area contributed by atoms with E-state index in [1.54, 1.807) is 27.7 Å². The summed E-state index contributed by atoms with van der Waals surface area (Å²) in [6.07, 6.45) is -0.964. The highest BCUT2D eigenvalue weighted by Crippen LogP contribution is 2.07. The van der Waals surface area contributed by atoms with Gasteiger partial charge in [0, 0.05) is 6.61 Å². The Balaban J connectivity index is 3.87. The fraction of sp³-hybridized carbons (Fsp3) is 0.875. The van der Waals surface area contributed by atoms with E-state index in [9.17, 15) is 4.79 Å². The van der Waals surface area contributed by atoms with Gasteiger partial charge in [-0.05, 0) is 27.7 Å². The van der Waals surface area contributed by atoms with Crippen molar-refractivity contribution in [1.82, 2.24) is 0 Å². The van der Waals surface area contributed by atoms with Crippen LogP contribution in [0, 0.1) is 0 Å². The predicted octanol–water partition coefficient (Wildman–Crippen LogP) is 0.649. The van der Waals surface area contributed by atoms with Crippen molar-refractivity contribution in [2.24, 2.45) is 5.73 Å². The molecule has 72 valence electrons. The molecule has 0 spiro atoms.